The van der Waals surface area contributed by atoms with Crippen molar-refractivity contribution in [2.24, 2.45) is 0 Å². The maximum absolute atomic E-state index is 12.0. The second-order valence-electron chi connectivity index (χ2n) is 3.92. The van der Waals surface area contributed by atoms with E-state index in [9.17, 15) is 4.79 Å². The van der Waals surface area contributed by atoms with Crippen molar-refractivity contribution < 1.29 is 4.79 Å². The molecule has 0 aliphatic heterocycles. The number of carbonyl (C=O) groups excluding carboxylic acids is 1. The van der Waals surface area contributed by atoms with Crippen LogP contribution in [0.25, 0.3) is 0 Å². The van der Waals surface area contributed by atoms with E-state index in [1.54, 1.807) is 23.1 Å². The van der Waals surface area contributed by atoms with Crippen LogP contribution in [0.2, 0.25) is 0 Å². The Kier molecular flexibility index (Phi) is 4.60. The smallest absolute Gasteiger partial charge is 0.252 e. The summed E-state index contributed by atoms with van der Waals surface area (Å²) in [5.41, 5.74) is 6.77. The van der Waals surface area contributed by atoms with Gasteiger partial charge in [-0.15, -0.1) is 0 Å². The van der Waals surface area contributed by atoms with E-state index >= 15 is 0 Å². The lowest BCUT2D eigenvalue weighted by Crippen LogP contribution is -2.27. The third-order valence-electron chi connectivity index (χ3n) is 2.46. The van der Waals surface area contributed by atoms with E-state index in [2.05, 4.69) is 42.3 Å². The van der Waals surface area contributed by atoms with Crippen molar-refractivity contribution in [1.82, 2.24) is 15.1 Å². The van der Waals surface area contributed by atoms with Crippen molar-refractivity contribution in [3.63, 3.8) is 0 Å². The van der Waals surface area contributed by atoms with E-state index in [1.807, 2.05) is 12.1 Å². The molecule has 0 fully saturated rings. The molecule has 0 bridgehead atoms. The van der Waals surface area contributed by atoms with Crippen LogP contribution in [0, 0.1) is 0 Å². The minimum atomic E-state index is -0.125. The maximum Gasteiger partial charge on any atom is 0.252 e. The molecule has 1 heterocycles. The zero-order valence-electron chi connectivity index (χ0n) is 9.94. The van der Waals surface area contributed by atoms with E-state index in [0.717, 1.165) is 8.95 Å². The summed E-state index contributed by atoms with van der Waals surface area (Å²) in [5, 5.41) is 6.87. The predicted octanol–water partition coefficient (Wildman–Crippen LogP) is 2.42. The second kappa shape index (κ2) is 6.21. The van der Waals surface area contributed by atoms with Gasteiger partial charge in [-0.05, 0) is 34.1 Å². The monoisotopic (exact) mass is 386 g/mol. The number of amides is 1. The van der Waals surface area contributed by atoms with Crippen LogP contribution in [0.5, 0.6) is 0 Å². The number of carbonyl (C=O) groups is 1. The molecule has 2 aromatic rings. The molecule has 2 rings (SSSR count). The largest absolute Gasteiger partial charge is 0.396 e. The first-order chi connectivity index (χ1) is 9.06. The van der Waals surface area contributed by atoms with E-state index in [0.29, 0.717) is 24.3 Å². The Morgan fingerprint density at radius 1 is 1.42 bits per heavy atom. The molecule has 1 amide bonds. The Hall–Kier alpha value is -1.34. The molecule has 3 N–H and O–H groups in total. The van der Waals surface area contributed by atoms with Crippen LogP contribution in [-0.2, 0) is 6.54 Å². The summed E-state index contributed by atoms with van der Waals surface area (Å²) >= 11 is 6.71. The highest BCUT2D eigenvalue weighted by Gasteiger charge is 2.09. The molecular formula is C12H12Br2N4O. The van der Waals surface area contributed by atoms with Gasteiger partial charge in [0.1, 0.15) is 0 Å². The Bertz CT molecular complexity index is 597. The highest BCUT2D eigenvalue weighted by Crippen LogP contribution is 2.21. The SMILES string of the molecule is Nc1cnn(CCNC(=O)c2ccc(Br)cc2Br)c1. The third kappa shape index (κ3) is 3.81. The Morgan fingerprint density at radius 3 is 2.84 bits per heavy atom. The minimum absolute atomic E-state index is 0.125. The third-order valence-corrected chi connectivity index (χ3v) is 3.60. The lowest BCUT2D eigenvalue weighted by Gasteiger charge is -2.07. The van der Waals surface area contributed by atoms with Crippen LogP contribution >= 0.6 is 31.9 Å². The van der Waals surface area contributed by atoms with Crippen LogP contribution in [-0.4, -0.2) is 22.2 Å². The summed E-state index contributed by atoms with van der Waals surface area (Å²) in [7, 11) is 0. The first-order valence-electron chi connectivity index (χ1n) is 5.57. The van der Waals surface area contributed by atoms with Crippen molar-refractivity contribution in [2.75, 3.05) is 12.3 Å². The topological polar surface area (TPSA) is 72.9 Å². The van der Waals surface area contributed by atoms with E-state index in [1.165, 1.54) is 0 Å². The fraction of sp³-hybridized carbons (Fsp3) is 0.167. The normalized spacial score (nSPS) is 10.4. The highest BCUT2D eigenvalue weighted by molar-refractivity contribution is 9.11. The zero-order valence-corrected chi connectivity index (χ0v) is 13.1. The molecule has 19 heavy (non-hydrogen) atoms. The Morgan fingerprint density at radius 2 is 2.21 bits per heavy atom. The molecule has 0 aliphatic carbocycles. The van der Waals surface area contributed by atoms with Gasteiger partial charge in [0, 0.05) is 21.7 Å². The first-order valence-corrected chi connectivity index (χ1v) is 7.16. The molecule has 5 nitrogen and oxygen atoms in total. The second-order valence-corrected chi connectivity index (χ2v) is 5.69. The van der Waals surface area contributed by atoms with Crippen molar-refractivity contribution in [2.45, 2.75) is 6.54 Å². The van der Waals surface area contributed by atoms with E-state index in [-0.39, 0.29) is 5.91 Å². The zero-order chi connectivity index (χ0) is 13.8. The molecule has 0 saturated heterocycles. The summed E-state index contributed by atoms with van der Waals surface area (Å²) in [4.78, 5) is 12.0. The number of hydrogen-bond donors (Lipinski definition) is 2. The molecular weight excluding hydrogens is 376 g/mol. The summed E-state index contributed by atoms with van der Waals surface area (Å²) in [5.74, 6) is -0.125. The van der Waals surface area contributed by atoms with Gasteiger partial charge in [-0.3, -0.25) is 9.48 Å². The number of nitrogens with one attached hydrogen (secondary N) is 1. The number of nitrogens with two attached hydrogens (primary N) is 1. The van der Waals surface area contributed by atoms with Crippen LogP contribution < -0.4 is 11.1 Å². The standard InChI is InChI=1S/C12H12Br2N4O/c13-8-1-2-10(11(14)5-8)12(19)16-3-4-18-7-9(15)6-17-18/h1-2,5-7H,3-4,15H2,(H,16,19). The van der Waals surface area contributed by atoms with Crippen molar-refractivity contribution in [1.29, 1.82) is 0 Å². The number of nitrogens with zero attached hydrogens (tertiary/aromatic N) is 2. The van der Waals surface area contributed by atoms with Gasteiger partial charge in [-0.25, -0.2) is 0 Å². The lowest BCUT2D eigenvalue weighted by atomic mass is 10.2. The van der Waals surface area contributed by atoms with Gasteiger partial charge in [0.2, 0.25) is 0 Å². The molecule has 0 radical (unpaired) electrons. The molecule has 0 spiro atoms. The molecule has 0 atom stereocenters. The number of benzene rings is 1. The number of nitrogen functional groups attached to an aromatic ring is 1. The van der Waals surface area contributed by atoms with Gasteiger partial charge >= 0.3 is 0 Å². The van der Waals surface area contributed by atoms with Gasteiger partial charge < -0.3 is 11.1 Å². The highest BCUT2D eigenvalue weighted by atomic mass is 79.9. The molecule has 1 aromatic carbocycles. The average Bonchev–Trinajstić information content (AvgIpc) is 2.75. The Balaban J connectivity index is 1.90. The maximum atomic E-state index is 12.0. The van der Waals surface area contributed by atoms with E-state index < -0.39 is 0 Å². The number of hydrogen-bond acceptors (Lipinski definition) is 3. The average molecular weight is 388 g/mol. The van der Waals surface area contributed by atoms with Crippen molar-refractivity contribution in [3.05, 3.63) is 45.1 Å². The summed E-state index contributed by atoms with van der Waals surface area (Å²) in [6, 6.07) is 5.42. The summed E-state index contributed by atoms with van der Waals surface area (Å²) < 4.78 is 3.36. The predicted molar refractivity (Wildman–Crippen MR) is 80.8 cm³/mol. The van der Waals surface area contributed by atoms with Gasteiger partial charge in [-0.2, -0.15) is 5.10 Å². The molecule has 7 heteroatoms. The number of anilines is 1. The number of aromatic nitrogens is 2. The molecule has 1 aromatic heterocycles. The Labute approximate surface area is 127 Å². The van der Waals surface area contributed by atoms with Crippen molar-refractivity contribution >= 4 is 43.5 Å². The number of rotatable bonds is 4. The molecule has 0 saturated carbocycles. The van der Waals surface area contributed by atoms with E-state index in [4.69, 9.17) is 5.73 Å². The molecule has 0 aliphatic rings. The van der Waals surface area contributed by atoms with Gasteiger partial charge in [0.15, 0.2) is 0 Å². The number of halogens is 2. The van der Waals surface area contributed by atoms with Gasteiger partial charge in [0.25, 0.3) is 5.91 Å². The van der Waals surface area contributed by atoms with Crippen LogP contribution in [0.4, 0.5) is 5.69 Å². The summed E-state index contributed by atoms with van der Waals surface area (Å²) in [6.45, 7) is 1.07. The van der Waals surface area contributed by atoms with Gasteiger partial charge in [0.05, 0.1) is 24.0 Å². The quantitative estimate of drug-likeness (QED) is 0.845. The van der Waals surface area contributed by atoms with Crippen LogP contribution in [0.1, 0.15) is 10.4 Å². The molecule has 100 valence electrons. The fourth-order valence-electron chi connectivity index (χ4n) is 1.55. The van der Waals surface area contributed by atoms with Crippen molar-refractivity contribution in [3.8, 4) is 0 Å². The fourth-order valence-corrected chi connectivity index (χ4v) is 2.78. The van der Waals surface area contributed by atoms with Crippen LogP contribution in [0.3, 0.4) is 0 Å². The van der Waals surface area contributed by atoms with Crippen LogP contribution in [0.15, 0.2) is 39.5 Å². The lowest BCUT2D eigenvalue weighted by molar-refractivity contribution is 0.0951. The minimum Gasteiger partial charge on any atom is -0.396 e. The summed E-state index contributed by atoms with van der Waals surface area (Å²) in [6.07, 6.45) is 3.30. The first kappa shape index (κ1) is 14.1. The van der Waals surface area contributed by atoms with Gasteiger partial charge in [-0.1, -0.05) is 15.9 Å². The molecule has 0 unspecified atom stereocenters.